The summed E-state index contributed by atoms with van der Waals surface area (Å²) in [5.74, 6) is 0. The molecule has 1 aromatic rings. The summed E-state index contributed by atoms with van der Waals surface area (Å²) in [6.07, 6.45) is 2.59. The number of hydrogen-bond donors (Lipinski definition) is 1. The van der Waals surface area contributed by atoms with E-state index in [0.29, 0.717) is 17.7 Å². The Morgan fingerprint density at radius 1 is 1.25 bits per heavy atom. The number of aryl methyl sites for hydroxylation is 2. The van der Waals surface area contributed by atoms with Gasteiger partial charge in [-0.25, -0.2) is 8.42 Å². The van der Waals surface area contributed by atoms with Crippen LogP contribution in [-0.2, 0) is 16.3 Å². The lowest BCUT2D eigenvalue weighted by Crippen LogP contribution is -2.02. The second-order valence-corrected chi connectivity index (χ2v) is 6.14. The molecule has 0 spiro atoms. The Bertz CT molecular complexity index is 475. The third-order valence-electron chi connectivity index (χ3n) is 2.78. The van der Waals surface area contributed by atoms with E-state index in [9.17, 15) is 8.42 Å². The molecule has 16 heavy (non-hydrogen) atoms. The van der Waals surface area contributed by atoms with Crippen molar-refractivity contribution >= 4 is 9.84 Å². The fourth-order valence-corrected chi connectivity index (χ4v) is 2.39. The van der Waals surface area contributed by atoms with Gasteiger partial charge in [0.15, 0.2) is 9.84 Å². The van der Waals surface area contributed by atoms with E-state index in [-0.39, 0.29) is 6.61 Å². The molecule has 0 atom stereocenters. The lowest BCUT2D eigenvalue weighted by atomic mass is 10.00. The van der Waals surface area contributed by atoms with Gasteiger partial charge in [-0.3, -0.25) is 0 Å². The smallest absolute Gasteiger partial charge is 0.175 e. The molecule has 0 aromatic heterocycles. The van der Waals surface area contributed by atoms with Gasteiger partial charge in [0.2, 0.25) is 0 Å². The third kappa shape index (κ3) is 3.06. The number of sulfone groups is 1. The Labute approximate surface area is 97.0 Å². The highest BCUT2D eigenvalue weighted by Crippen LogP contribution is 2.21. The number of aliphatic hydroxyl groups is 1. The van der Waals surface area contributed by atoms with Crippen molar-refractivity contribution in [3.8, 4) is 0 Å². The minimum Gasteiger partial charge on any atom is -0.396 e. The number of benzene rings is 1. The van der Waals surface area contributed by atoms with Gasteiger partial charge in [0.1, 0.15) is 0 Å². The lowest BCUT2D eigenvalue weighted by molar-refractivity contribution is 0.288. The van der Waals surface area contributed by atoms with Crippen molar-refractivity contribution in [1.29, 1.82) is 0 Å². The van der Waals surface area contributed by atoms with Gasteiger partial charge in [-0.2, -0.15) is 0 Å². The summed E-state index contributed by atoms with van der Waals surface area (Å²) >= 11 is 0. The monoisotopic (exact) mass is 242 g/mol. The largest absolute Gasteiger partial charge is 0.396 e. The van der Waals surface area contributed by atoms with Crippen molar-refractivity contribution < 1.29 is 13.5 Å². The molecule has 0 amide bonds. The van der Waals surface area contributed by atoms with E-state index in [2.05, 4.69) is 0 Å². The maximum Gasteiger partial charge on any atom is 0.175 e. The van der Waals surface area contributed by atoms with Crippen molar-refractivity contribution in [2.75, 3.05) is 12.9 Å². The van der Waals surface area contributed by atoms with Crippen LogP contribution in [-0.4, -0.2) is 26.4 Å². The first-order valence-electron chi connectivity index (χ1n) is 5.27. The first kappa shape index (κ1) is 13.2. The van der Waals surface area contributed by atoms with Gasteiger partial charge >= 0.3 is 0 Å². The summed E-state index contributed by atoms with van der Waals surface area (Å²) in [4.78, 5) is 0.364. The molecule has 0 saturated heterocycles. The zero-order chi connectivity index (χ0) is 12.3. The molecule has 1 N–H and O–H groups in total. The maximum absolute atomic E-state index is 11.5. The van der Waals surface area contributed by atoms with E-state index in [0.717, 1.165) is 16.7 Å². The van der Waals surface area contributed by atoms with Crippen molar-refractivity contribution in [1.82, 2.24) is 0 Å². The molecule has 0 aliphatic heterocycles. The van der Waals surface area contributed by atoms with Gasteiger partial charge in [-0.1, -0.05) is 0 Å². The Balaban J connectivity index is 3.22. The van der Waals surface area contributed by atoms with Gasteiger partial charge in [-0.05, 0) is 55.5 Å². The fraction of sp³-hybridized carbons (Fsp3) is 0.500. The van der Waals surface area contributed by atoms with Crippen molar-refractivity contribution in [2.45, 2.75) is 31.6 Å². The zero-order valence-electron chi connectivity index (χ0n) is 9.95. The molecule has 0 saturated carbocycles. The summed E-state index contributed by atoms with van der Waals surface area (Å²) in [5, 5.41) is 8.80. The van der Waals surface area contributed by atoms with Crippen LogP contribution < -0.4 is 0 Å². The summed E-state index contributed by atoms with van der Waals surface area (Å²) in [6.45, 7) is 4.02. The molecule has 1 rings (SSSR count). The van der Waals surface area contributed by atoms with E-state index < -0.39 is 9.84 Å². The lowest BCUT2D eigenvalue weighted by Gasteiger charge is -2.10. The maximum atomic E-state index is 11.5. The van der Waals surface area contributed by atoms with Crippen molar-refractivity contribution in [3.05, 3.63) is 28.8 Å². The second-order valence-electron chi connectivity index (χ2n) is 4.12. The Kier molecular flexibility index (Phi) is 4.10. The second kappa shape index (κ2) is 4.97. The summed E-state index contributed by atoms with van der Waals surface area (Å²) in [7, 11) is -3.15. The average molecular weight is 242 g/mol. The molecular formula is C12H18O3S. The summed E-state index contributed by atoms with van der Waals surface area (Å²) in [5.41, 5.74) is 3.10. The standard InChI is InChI=1S/C12H18O3S/c1-9-7-12(16(3,14)15)8-11(10(9)2)5-4-6-13/h7-8,13H,4-6H2,1-3H3. The van der Waals surface area contributed by atoms with Gasteiger partial charge in [-0.15, -0.1) is 0 Å². The minimum atomic E-state index is -3.15. The molecule has 1 aromatic carbocycles. The Morgan fingerprint density at radius 2 is 1.88 bits per heavy atom. The summed E-state index contributed by atoms with van der Waals surface area (Å²) in [6, 6.07) is 3.42. The highest BCUT2D eigenvalue weighted by Gasteiger charge is 2.11. The predicted octanol–water partition coefficient (Wildman–Crippen LogP) is 1.63. The molecule has 0 bridgehead atoms. The normalized spacial score (nSPS) is 11.8. The molecule has 0 heterocycles. The van der Waals surface area contributed by atoms with Crippen LogP contribution in [0.5, 0.6) is 0 Å². The highest BCUT2D eigenvalue weighted by atomic mass is 32.2. The molecule has 0 radical (unpaired) electrons. The van der Waals surface area contributed by atoms with E-state index >= 15 is 0 Å². The molecule has 0 aliphatic rings. The van der Waals surface area contributed by atoms with Crippen LogP contribution in [0.3, 0.4) is 0 Å². The average Bonchev–Trinajstić information content (AvgIpc) is 2.18. The molecular weight excluding hydrogens is 224 g/mol. The van der Waals surface area contributed by atoms with Gasteiger partial charge in [0.05, 0.1) is 4.90 Å². The van der Waals surface area contributed by atoms with E-state index in [1.54, 1.807) is 12.1 Å². The molecule has 0 unspecified atom stereocenters. The molecule has 0 fully saturated rings. The topological polar surface area (TPSA) is 54.4 Å². The first-order chi connectivity index (χ1) is 7.36. The van der Waals surface area contributed by atoms with Crippen LogP contribution in [0.2, 0.25) is 0 Å². The molecule has 3 nitrogen and oxygen atoms in total. The highest BCUT2D eigenvalue weighted by molar-refractivity contribution is 7.90. The first-order valence-corrected chi connectivity index (χ1v) is 7.16. The van der Waals surface area contributed by atoms with Crippen LogP contribution in [0.4, 0.5) is 0 Å². The molecule has 0 aliphatic carbocycles. The zero-order valence-corrected chi connectivity index (χ0v) is 10.8. The van der Waals surface area contributed by atoms with Crippen LogP contribution >= 0.6 is 0 Å². The summed E-state index contributed by atoms with van der Waals surface area (Å²) < 4.78 is 22.9. The molecule has 90 valence electrons. The Morgan fingerprint density at radius 3 is 2.38 bits per heavy atom. The molecule has 4 heteroatoms. The van der Waals surface area contributed by atoms with Crippen LogP contribution in [0.15, 0.2) is 17.0 Å². The number of rotatable bonds is 4. The SMILES string of the molecule is Cc1cc(S(C)(=O)=O)cc(CCCO)c1C. The minimum absolute atomic E-state index is 0.127. The van der Waals surface area contributed by atoms with Crippen LogP contribution in [0.25, 0.3) is 0 Å². The van der Waals surface area contributed by atoms with Crippen molar-refractivity contribution in [2.24, 2.45) is 0 Å². The third-order valence-corrected chi connectivity index (χ3v) is 3.87. The quantitative estimate of drug-likeness (QED) is 0.873. The van der Waals surface area contributed by atoms with Gasteiger partial charge in [0.25, 0.3) is 0 Å². The number of aliphatic hydroxyl groups excluding tert-OH is 1. The fourth-order valence-electron chi connectivity index (χ4n) is 1.64. The van der Waals surface area contributed by atoms with Gasteiger partial charge in [0, 0.05) is 12.9 Å². The van der Waals surface area contributed by atoms with Crippen LogP contribution in [0, 0.1) is 13.8 Å². The van der Waals surface area contributed by atoms with E-state index in [1.807, 2.05) is 13.8 Å². The van der Waals surface area contributed by atoms with E-state index in [1.165, 1.54) is 6.26 Å². The van der Waals surface area contributed by atoms with E-state index in [4.69, 9.17) is 5.11 Å². The Hall–Kier alpha value is -0.870. The number of hydrogen-bond acceptors (Lipinski definition) is 3. The predicted molar refractivity (Wildman–Crippen MR) is 64.4 cm³/mol. The van der Waals surface area contributed by atoms with Crippen LogP contribution in [0.1, 0.15) is 23.1 Å². The van der Waals surface area contributed by atoms with Gasteiger partial charge < -0.3 is 5.11 Å². The van der Waals surface area contributed by atoms with Crippen molar-refractivity contribution in [3.63, 3.8) is 0 Å².